The Morgan fingerprint density at radius 2 is 1.29 bits per heavy atom. The number of hydrogen-bond donors (Lipinski definition) is 1. The molecule has 2 nitrogen and oxygen atoms in total. The van der Waals surface area contributed by atoms with E-state index in [9.17, 15) is 13.6 Å². The summed E-state index contributed by atoms with van der Waals surface area (Å²) in [5.74, 6) is -1.79. The summed E-state index contributed by atoms with van der Waals surface area (Å²) in [7, 11) is 0. The van der Waals surface area contributed by atoms with Crippen molar-refractivity contribution in [2.75, 3.05) is 0 Å². The lowest BCUT2D eigenvalue weighted by molar-refractivity contribution is -0.131. The molecule has 0 atom stereocenters. The fourth-order valence-corrected chi connectivity index (χ4v) is 1.84. The largest absolute Gasteiger partial charge is 0.478 e. The van der Waals surface area contributed by atoms with Gasteiger partial charge in [0, 0.05) is 6.08 Å². The Morgan fingerprint density at radius 3 is 1.67 bits per heavy atom. The zero-order valence-corrected chi connectivity index (χ0v) is 11.0. The van der Waals surface area contributed by atoms with E-state index in [1.807, 2.05) is 0 Å². The lowest BCUT2D eigenvalue weighted by Crippen LogP contribution is -1.90. The van der Waals surface area contributed by atoms with Crippen molar-refractivity contribution in [3.63, 3.8) is 0 Å². The second-order valence-corrected chi connectivity index (χ2v) is 4.29. The summed E-state index contributed by atoms with van der Waals surface area (Å²) in [6.45, 7) is 0. The van der Waals surface area contributed by atoms with Crippen LogP contribution in [0.25, 0.3) is 5.57 Å². The maximum atomic E-state index is 13.0. The highest BCUT2D eigenvalue weighted by molar-refractivity contribution is 5.84. The van der Waals surface area contributed by atoms with Crippen molar-refractivity contribution in [1.82, 2.24) is 0 Å². The number of rotatable bonds is 4. The van der Waals surface area contributed by atoms with Gasteiger partial charge in [0.25, 0.3) is 0 Å². The molecule has 0 saturated heterocycles. The van der Waals surface area contributed by atoms with Crippen LogP contribution in [0, 0.1) is 11.6 Å². The first-order valence-electron chi connectivity index (χ1n) is 6.19. The molecule has 0 radical (unpaired) electrons. The standard InChI is InChI=1S/C17H12F2O2/c18-14-8-4-12(5-9-14)16(2-1-3-17(20)21)13-6-10-15(19)11-7-13/h1-11H,(H,20,21). The maximum Gasteiger partial charge on any atom is 0.328 e. The molecule has 4 heteroatoms. The van der Waals surface area contributed by atoms with Crippen molar-refractivity contribution in [1.29, 1.82) is 0 Å². The Hall–Kier alpha value is -2.75. The lowest BCUT2D eigenvalue weighted by Gasteiger charge is -2.08. The van der Waals surface area contributed by atoms with Gasteiger partial charge in [-0.3, -0.25) is 0 Å². The summed E-state index contributed by atoms with van der Waals surface area (Å²) in [6, 6.07) is 11.6. The number of benzene rings is 2. The molecule has 0 aliphatic rings. The van der Waals surface area contributed by atoms with Crippen molar-refractivity contribution in [3.8, 4) is 0 Å². The molecule has 0 fully saturated rings. The number of aliphatic carboxylic acids is 1. The topological polar surface area (TPSA) is 37.3 Å². The van der Waals surface area contributed by atoms with Crippen molar-refractivity contribution in [3.05, 3.63) is 89.5 Å². The smallest absolute Gasteiger partial charge is 0.328 e. The molecule has 0 amide bonds. The van der Waals surface area contributed by atoms with E-state index in [2.05, 4.69) is 0 Å². The van der Waals surface area contributed by atoms with Crippen molar-refractivity contribution in [2.24, 2.45) is 0 Å². The van der Waals surface area contributed by atoms with Gasteiger partial charge in [0.1, 0.15) is 11.6 Å². The Kier molecular flexibility index (Phi) is 4.61. The average Bonchev–Trinajstić information content (AvgIpc) is 2.46. The second kappa shape index (κ2) is 6.61. The van der Waals surface area contributed by atoms with Crippen molar-refractivity contribution < 1.29 is 18.7 Å². The quantitative estimate of drug-likeness (QED) is 0.680. The first-order chi connectivity index (χ1) is 10.1. The molecule has 2 rings (SSSR count). The number of carboxylic acid groups (broad SMARTS) is 1. The fourth-order valence-electron chi connectivity index (χ4n) is 1.84. The fraction of sp³-hybridized carbons (Fsp3) is 0. The highest BCUT2D eigenvalue weighted by Crippen LogP contribution is 2.24. The van der Waals surface area contributed by atoms with E-state index in [1.165, 1.54) is 30.3 Å². The third-order valence-corrected chi connectivity index (χ3v) is 2.81. The Bertz CT molecular complexity index is 636. The third kappa shape index (κ3) is 4.11. The van der Waals surface area contributed by atoms with E-state index in [1.54, 1.807) is 30.3 Å². The Labute approximate surface area is 120 Å². The Balaban J connectivity index is 2.45. The number of allylic oxidation sites excluding steroid dienone is 2. The number of hydrogen-bond acceptors (Lipinski definition) is 1. The van der Waals surface area contributed by atoms with Gasteiger partial charge in [-0.25, -0.2) is 13.6 Å². The van der Waals surface area contributed by atoms with Crippen LogP contribution in [-0.4, -0.2) is 11.1 Å². The molecule has 0 aliphatic heterocycles. The summed E-state index contributed by atoms with van der Waals surface area (Å²) in [4.78, 5) is 10.5. The van der Waals surface area contributed by atoms with Crippen LogP contribution in [-0.2, 0) is 4.79 Å². The molecule has 1 N–H and O–H groups in total. The zero-order chi connectivity index (χ0) is 15.2. The van der Waals surface area contributed by atoms with Gasteiger partial charge in [-0.05, 0) is 41.0 Å². The monoisotopic (exact) mass is 286 g/mol. The number of carbonyl (C=O) groups is 1. The van der Waals surface area contributed by atoms with Gasteiger partial charge in [0.05, 0.1) is 0 Å². The molecule has 0 bridgehead atoms. The van der Waals surface area contributed by atoms with Crippen LogP contribution in [0.5, 0.6) is 0 Å². The summed E-state index contributed by atoms with van der Waals surface area (Å²) >= 11 is 0. The van der Waals surface area contributed by atoms with Gasteiger partial charge in [-0.15, -0.1) is 0 Å². The molecular formula is C17H12F2O2. The Morgan fingerprint density at radius 1 is 0.857 bits per heavy atom. The normalized spacial score (nSPS) is 10.6. The van der Waals surface area contributed by atoms with Crippen LogP contribution < -0.4 is 0 Å². The highest BCUT2D eigenvalue weighted by atomic mass is 19.1. The average molecular weight is 286 g/mol. The van der Waals surface area contributed by atoms with Crippen LogP contribution in [0.3, 0.4) is 0 Å². The van der Waals surface area contributed by atoms with E-state index in [-0.39, 0.29) is 11.6 Å². The SMILES string of the molecule is O=C(O)C=CC=C(c1ccc(F)cc1)c1ccc(F)cc1. The molecular weight excluding hydrogens is 274 g/mol. The van der Waals surface area contributed by atoms with Gasteiger partial charge < -0.3 is 5.11 Å². The molecule has 2 aromatic rings. The van der Waals surface area contributed by atoms with Crippen molar-refractivity contribution >= 4 is 11.5 Å². The number of carboxylic acids is 1. The number of halogens is 2. The van der Waals surface area contributed by atoms with Crippen LogP contribution >= 0.6 is 0 Å². The second-order valence-electron chi connectivity index (χ2n) is 4.29. The molecule has 0 saturated carbocycles. The molecule has 0 aliphatic carbocycles. The van der Waals surface area contributed by atoms with Gasteiger partial charge in [0.15, 0.2) is 0 Å². The van der Waals surface area contributed by atoms with E-state index >= 15 is 0 Å². The minimum Gasteiger partial charge on any atom is -0.478 e. The van der Waals surface area contributed by atoms with Gasteiger partial charge >= 0.3 is 5.97 Å². The predicted molar refractivity (Wildman–Crippen MR) is 76.7 cm³/mol. The van der Waals surface area contributed by atoms with Gasteiger partial charge in [-0.2, -0.15) is 0 Å². The summed E-state index contributed by atoms with van der Waals surface area (Å²) < 4.78 is 26.0. The molecule has 0 unspecified atom stereocenters. The van der Waals surface area contributed by atoms with Crippen LogP contribution in [0.2, 0.25) is 0 Å². The molecule has 0 spiro atoms. The first-order valence-corrected chi connectivity index (χ1v) is 6.19. The highest BCUT2D eigenvalue weighted by Gasteiger charge is 2.05. The van der Waals surface area contributed by atoms with Crippen LogP contribution in [0.15, 0.2) is 66.8 Å². The maximum absolute atomic E-state index is 13.0. The van der Waals surface area contributed by atoms with Gasteiger partial charge in [0.2, 0.25) is 0 Å². The van der Waals surface area contributed by atoms with E-state index < -0.39 is 5.97 Å². The summed E-state index contributed by atoms with van der Waals surface area (Å²) in [6.07, 6.45) is 3.96. The zero-order valence-electron chi connectivity index (χ0n) is 11.0. The molecule has 0 heterocycles. The van der Waals surface area contributed by atoms with Crippen molar-refractivity contribution in [2.45, 2.75) is 0 Å². The third-order valence-electron chi connectivity index (χ3n) is 2.81. The first kappa shape index (κ1) is 14.7. The molecule has 106 valence electrons. The van der Waals surface area contributed by atoms with Crippen LogP contribution in [0.1, 0.15) is 11.1 Å². The van der Waals surface area contributed by atoms with Gasteiger partial charge in [-0.1, -0.05) is 36.4 Å². The summed E-state index contributed by atoms with van der Waals surface area (Å²) in [5.41, 5.74) is 2.09. The lowest BCUT2D eigenvalue weighted by atomic mass is 9.97. The van der Waals surface area contributed by atoms with E-state index in [0.29, 0.717) is 16.7 Å². The molecule has 21 heavy (non-hydrogen) atoms. The van der Waals surface area contributed by atoms with Crippen LogP contribution in [0.4, 0.5) is 8.78 Å². The summed E-state index contributed by atoms with van der Waals surface area (Å²) in [5, 5.41) is 8.63. The van der Waals surface area contributed by atoms with E-state index in [4.69, 9.17) is 5.11 Å². The molecule has 0 aromatic heterocycles. The molecule has 2 aromatic carbocycles. The van der Waals surface area contributed by atoms with E-state index in [0.717, 1.165) is 6.08 Å². The minimum absolute atomic E-state index is 0.363. The predicted octanol–water partition coefficient (Wildman–Crippen LogP) is 4.04. The minimum atomic E-state index is -1.07.